The Morgan fingerprint density at radius 2 is 1.57 bits per heavy atom. The predicted molar refractivity (Wildman–Crippen MR) is 107 cm³/mol. The maximum absolute atomic E-state index is 12.7. The average Bonchev–Trinajstić information content (AvgIpc) is 3.15. The molecule has 0 saturated heterocycles. The summed E-state index contributed by atoms with van der Waals surface area (Å²) in [5.41, 5.74) is 1.14. The van der Waals surface area contributed by atoms with Gasteiger partial charge in [-0.1, -0.05) is 18.2 Å². The van der Waals surface area contributed by atoms with Crippen molar-refractivity contribution in [1.29, 1.82) is 0 Å². The molecule has 0 N–H and O–H groups in total. The van der Waals surface area contributed by atoms with Crippen molar-refractivity contribution in [3.8, 4) is 17.2 Å². The van der Waals surface area contributed by atoms with Crippen molar-refractivity contribution in [2.75, 3.05) is 27.9 Å². The SMILES string of the molecule is CCOC(=O)c1oc2ccccc2c1COC(=O)c1cc(OC)c(OC)c(OC)c1. The van der Waals surface area contributed by atoms with Gasteiger partial charge in [-0.15, -0.1) is 0 Å². The number of carbonyl (C=O) groups is 2. The van der Waals surface area contributed by atoms with Crippen LogP contribution in [0.5, 0.6) is 17.2 Å². The Bertz CT molecular complexity index is 1040. The summed E-state index contributed by atoms with van der Waals surface area (Å²) in [5.74, 6) is -0.228. The first-order valence-electron chi connectivity index (χ1n) is 9.18. The molecule has 158 valence electrons. The third-order valence-electron chi connectivity index (χ3n) is 4.41. The minimum atomic E-state index is -0.630. The van der Waals surface area contributed by atoms with Gasteiger partial charge in [-0.3, -0.25) is 0 Å². The third kappa shape index (κ3) is 4.03. The standard InChI is InChI=1S/C22H22O8/c1-5-28-22(24)19-15(14-8-6-7-9-16(14)30-19)12-29-21(23)13-10-17(25-2)20(27-4)18(11-13)26-3/h6-11H,5,12H2,1-4H3. The van der Waals surface area contributed by atoms with E-state index in [2.05, 4.69) is 0 Å². The molecule has 8 nitrogen and oxygen atoms in total. The van der Waals surface area contributed by atoms with Gasteiger partial charge in [0.1, 0.15) is 12.2 Å². The van der Waals surface area contributed by atoms with Gasteiger partial charge >= 0.3 is 11.9 Å². The molecule has 1 heterocycles. The normalized spacial score (nSPS) is 10.5. The minimum absolute atomic E-state index is 0.00995. The number of esters is 2. The largest absolute Gasteiger partial charge is 0.493 e. The van der Waals surface area contributed by atoms with E-state index in [4.69, 9.17) is 28.1 Å². The summed E-state index contributed by atoms with van der Waals surface area (Å²) in [5, 5.41) is 0.665. The average molecular weight is 414 g/mol. The maximum atomic E-state index is 12.7. The minimum Gasteiger partial charge on any atom is -0.493 e. The van der Waals surface area contributed by atoms with E-state index in [1.807, 2.05) is 0 Å². The highest BCUT2D eigenvalue weighted by Crippen LogP contribution is 2.38. The molecule has 8 heteroatoms. The molecule has 0 aliphatic carbocycles. The Morgan fingerprint density at radius 3 is 2.17 bits per heavy atom. The lowest BCUT2D eigenvalue weighted by Crippen LogP contribution is -2.10. The zero-order valence-electron chi connectivity index (χ0n) is 17.1. The highest BCUT2D eigenvalue weighted by Gasteiger charge is 2.24. The number of para-hydroxylation sites is 1. The summed E-state index contributed by atoms with van der Waals surface area (Å²) in [6.07, 6.45) is 0. The fourth-order valence-corrected chi connectivity index (χ4v) is 3.02. The third-order valence-corrected chi connectivity index (χ3v) is 4.41. The van der Waals surface area contributed by atoms with Crippen LogP contribution < -0.4 is 14.2 Å². The van der Waals surface area contributed by atoms with Gasteiger partial charge in [0.2, 0.25) is 11.5 Å². The van der Waals surface area contributed by atoms with Crippen LogP contribution in [-0.2, 0) is 16.1 Å². The van der Waals surface area contributed by atoms with Gasteiger partial charge in [-0.05, 0) is 25.1 Å². The summed E-state index contributed by atoms with van der Waals surface area (Å²) in [7, 11) is 4.38. The van der Waals surface area contributed by atoms with E-state index in [9.17, 15) is 9.59 Å². The van der Waals surface area contributed by atoms with Crippen LogP contribution in [0.4, 0.5) is 0 Å². The van der Waals surface area contributed by atoms with Gasteiger partial charge in [0.15, 0.2) is 11.5 Å². The molecule has 0 bridgehead atoms. The summed E-state index contributed by atoms with van der Waals surface area (Å²) in [6.45, 7) is 1.71. The van der Waals surface area contributed by atoms with Crippen molar-refractivity contribution in [2.45, 2.75) is 13.5 Å². The molecular formula is C22H22O8. The molecule has 3 rings (SSSR count). The molecule has 0 saturated carbocycles. The van der Waals surface area contributed by atoms with Crippen LogP contribution in [-0.4, -0.2) is 39.9 Å². The van der Waals surface area contributed by atoms with Crippen LogP contribution in [0.25, 0.3) is 11.0 Å². The molecule has 0 fully saturated rings. The Labute approximate surface area is 173 Å². The summed E-state index contributed by atoms with van der Waals surface area (Å²) in [6, 6.07) is 10.1. The van der Waals surface area contributed by atoms with Gasteiger partial charge in [-0.2, -0.15) is 0 Å². The van der Waals surface area contributed by atoms with Crippen LogP contribution in [0, 0.1) is 0 Å². The van der Waals surface area contributed by atoms with Crippen molar-refractivity contribution >= 4 is 22.9 Å². The first-order valence-corrected chi connectivity index (χ1v) is 9.18. The second-order valence-electron chi connectivity index (χ2n) is 6.12. The number of hydrogen-bond donors (Lipinski definition) is 0. The molecular weight excluding hydrogens is 392 g/mol. The number of benzene rings is 2. The van der Waals surface area contributed by atoms with E-state index < -0.39 is 11.9 Å². The molecule has 2 aromatic carbocycles. The molecule has 0 aliphatic rings. The number of hydrogen-bond acceptors (Lipinski definition) is 8. The molecule has 0 aliphatic heterocycles. The van der Waals surface area contributed by atoms with Gasteiger partial charge < -0.3 is 28.1 Å². The maximum Gasteiger partial charge on any atom is 0.374 e. The Balaban J connectivity index is 1.90. The van der Waals surface area contributed by atoms with E-state index in [-0.39, 0.29) is 24.5 Å². The number of methoxy groups -OCH3 is 3. The van der Waals surface area contributed by atoms with Crippen molar-refractivity contribution in [3.05, 3.63) is 53.3 Å². The molecule has 30 heavy (non-hydrogen) atoms. The van der Waals surface area contributed by atoms with Gasteiger partial charge in [0, 0.05) is 5.39 Å². The molecule has 3 aromatic rings. The first-order chi connectivity index (χ1) is 14.5. The number of furan rings is 1. The summed E-state index contributed by atoms with van der Waals surface area (Å²) in [4.78, 5) is 25.0. The molecule has 0 amide bonds. The molecule has 0 spiro atoms. The monoisotopic (exact) mass is 414 g/mol. The van der Waals surface area contributed by atoms with E-state index in [0.717, 1.165) is 0 Å². The lowest BCUT2D eigenvalue weighted by atomic mass is 10.1. The number of fused-ring (bicyclic) bond motifs is 1. The highest BCUT2D eigenvalue weighted by molar-refractivity contribution is 5.96. The van der Waals surface area contributed by atoms with Crippen LogP contribution in [0.1, 0.15) is 33.4 Å². The Hall–Kier alpha value is -3.68. The second-order valence-corrected chi connectivity index (χ2v) is 6.12. The second kappa shape index (κ2) is 9.21. The smallest absolute Gasteiger partial charge is 0.374 e. The van der Waals surface area contributed by atoms with E-state index >= 15 is 0 Å². The quantitative estimate of drug-likeness (QED) is 0.511. The molecule has 0 unspecified atom stereocenters. The molecule has 0 radical (unpaired) electrons. The fraction of sp³-hybridized carbons (Fsp3) is 0.273. The van der Waals surface area contributed by atoms with Gasteiger partial charge in [0.25, 0.3) is 0 Å². The number of rotatable bonds is 8. The lowest BCUT2D eigenvalue weighted by Gasteiger charge is -2.13. The van der Waals surface area contributed by atoms with Crippen molar-refractivity contribution in [3.63, 3.8) is 0 Å². The summed E-state index contributed by atoms with van der Waals surface area (Å²) < 4.78 is 31.9. The van der Waals surface area contributed by atoms with E-state index in [0.29, 0.717) is 33.8 Å². The van der Waals surface area contributed by atoms with Crippen molar-refractivity contribution in [1.82, 2.24) is 0 Å². The zero-order valence-corrected chi connectivity index (χ0v) is 17.1. The lowest BCUT2D eigenvalue weighted by molar-refractivity contribution is 0.0435. The van der Waals surface area contributed by atoms with Gasteiger partial charge in [-0.25, -0.2) is 9.59 Å². The van der Waals surface area contributed by atoms with Crippen LogP contribution >= 0.6 is 0 Å². The van der Waals surface area contributed by atoms with Crippen LogP contribution in [0.15, 0.2) is 40.8 Å². The highest BCUT2D eigenvalue weighted by atomic mass is 16.6. The van der Waals surface area contributed by atoms with Crippen molar-refractivity contribution < 1.29 is 37.7 Å². The van der Waals surface area contributed by atoms with Crippen molar-refractivity contribution in [2.24, 2.45) is 0 Å². The van der Waals surface area contributed by atoms with E-state index in [1.165, 1.54) is 33.5 Å². The topological polar surface area (TPSA) is 93.4 Å². The summed E-state index contributed by atoms with van der Waals surface area (Å²) >= 11 is 0. The molecule has 1 aromatic heterocycles. The molecule has 0 atom stereocenters. The zero-order chi connectivity index (χ0) is 21.7. The predicted octanol–water partition coefficient (Wildman–Crippen LogP) is 3.99. The van der Waals surface area contributed by atoms with Crippen LogP contribution in [0.2, 0.25) is 0 Å². The van der Waals surface area contributed by atoms with Crippen LogP contribution in [0.3, 0.4) is 0 Å². The first kappa shape index (κ1) is 21.0. The fourth-order valence-electron chi connectivity index (χ4n) is 3.02. The number of carbonyl (C=O) groups excluding carboxylic acids is 2. The van der Waals surface area contributed by atoms with E-state index in [1.54, 1.807) is 31.2 Å². The Morgan fingerprint density at radius 1 is 0.900 bits per heavy atom. The van der Waals surface area contributed by atoms with Gasteiger partial charge in [0.05, 0.1) is 39.1 Å². The Kier molecular flexibility index (Phi) is 6.46. The number of ether oxygens (including phenoxy) is 5.